The minimum Gasteiger partial charge on any atom is -0.462 e. The highest BCUT2D eigenvalue weighted by Crippen LogP contribution is 2.37. The fraction of sp³-hybridized carbons (Fsp3) is 0.538. The van der Waals surface area contributed by atoms with Gasteiger partial charge in [-0.05, 0) is 99.3 Å². The average Bonchev–Trinajstić information content (AvgIpc) is 3.03. The maximum Gasteiger partial charge on any atom is 0.336 e. The van der Waals surface area contributed by atoms with Crippen LogP contribution < -0.4 is 0 Å². The number of aryl methyl sites for hydroxylation is 3. The number of hydrogen-bond acceptors (Lipinski definition) is 5. The van der Waals surface area contributed by atoms with Gasteiger partial charge in [-0.1, -0.05) is 94.3 Å². The lowest BCUT2D eigenvalue weighted by Crippen LogP contribution is -2.24. The molecule has 2 atom stereocenters. The van der Waals surface area contributed by atoms with Crippen molar-refractivity contribution in [1.82, 2.24) is 0 Å². The number of esters is 2. The molecule has 0 aromatic heterocycles. The second kappa shape index (κ2) is 18.6. The molecule has 0 radical (unpaired) electrons. The van der Waals surface area contributed by atoms with Crippen molar-refractivity contribution in [1.29, 1.82) is 0 Å². The first-order chi connectivity index (χ1) is 21.2. The predicted molar refractivity (Wildman–Crippen MR) is 178 cm³/mol. The van der Waals surface area contributed by atoms with Crippen molar-refractivity contribution in [3.63, 3.8) is 0 Å². The molecule has 5 nitrogen and oxygen atoms in total. The molecule has 0 bridgehead atoms. The van der Waals surface area contributed by atoms with E-state index in [4.69, 9.17) is 9.47 Å². The molecule has 0 heterocycles. The number of rotatable bonds is 18. The molecule has 1 saturated carbocycles. The molecule has 2 unspecified atom stereocenters. The summed E-state index contributed by atoms with van der Waals surface area (Å²) in [5, 5.41) is 9.59. The Balaban J connectivity index is 1.45. The van der Waals surface area contributed by atoms with Gasteiger partial charge >= 0.3 is 11.9 Å². The van der Waals surface area contributed by atoms with Crippen LogP contribution in [0.2, 0.25) is 0 Å². The summed E-state index contributed by atoms with van der Waals surface area (Å²) < 4.78 is 10.7. The van der Waals surface area contributed by atoms with Crippen molar-refractivity contribution in [2.24, 2.45) is 11.8 Å². The number of aliphatic hydroxyl groups excluding tert-OH is 1. The molecule has 1 aliphatic carbocycles. The summed E-state index contributed by atoms with van der Waals surface area (Å²) >= 11 is 0. The van der Waals surface area contributed by atoms with Crippen LogP contribution in [0.3, 0.4) is 0 Å². The Labute approximate surface area is 265 Å². The van der Waals surface area contributed by atoms with E-state index in [0.717, 1.165) is 31.1 Å². The average molecular weight is 603 g/mol. The van der Waals surface area contributed by atoms with Gasteiger partial charge in [0.2, 0.25) is 0 Å². The van der Waals surface area contributed by atoms with E-state index >= 15 is 0 Å². The van der Waals surface area contributed by atoms with E-state index in [-0.39, 0.29) is 24.7 Å². The molecular formula is C39H54O5. The molecule has 1 N–H and O–H groups in total. The maximum absolute atomic E-state index is 12.1. The third kappa shape index (κ3) is 12.1. The lowest BCUT2D eigenvalue weighted by Gasteiger charge is -2.29. The summed E-state index contributed by atoms with van der Waals surface area (Å²) in [5.74, 6) is 0.382. The van der Waals surface area contributed by atoms with E-state index in [2.05, 4.69) is 68.6 Å². The number of hydrogen-bond donors (Lipinski definition) is 1. The first-order valence-electron chi connectivity index (χ1n) is 16.7. The zero-order valence-electron chi connectivity index (χ0n) is 27.3. The smallest absolute Gasteiger partial charge is 0.336 e. The zero-order chi connectivity index (χ0) is 31.9. The summed E-state index contributed by atoms with van der Waals surface area (Å²) in [6.45, 7) is 12.8. The highest BCUT2D eigenvalue weighted by Gasteiger charge is 2.22. The largest absolute Gasteiger partial charge is 0.462 e. The topological polar surface area (TPSA) is 72.8 Å². The van der Waals surface area contributed by atoms with Crippen LogP contribution in [0.25, 0.3) is 0 Å². The Kier molecular flexibility index (Phi) is 14.9. The number of ether oxygens (including phenoxy) is 2. The van der Waals surface area contributed by atoms with Gasteiger partial charge in [-0.3, -0.25) is 0 Å². The molecule has 2 aromatic carbocycles. The summed E-state index contributed by atoms with van der Waals surface area (Å²) in [7, 11) is 0. The fourth-order valence-corrected chi connectivity index (χ4v) is 5.94. The number of aliphatic hydroxyl groups is 1. The van der Waals surface area contributed by atoms with Gasteiger partial charge in [0.05, 0.1) is 24.9 Å². The van der Waals surface area contributed by atoms with Gasteiger partial charge in [0.15, 0.2) is 0 Å². The van der Waals surface area contributed by atoms with Crippen LogP contribution >= 0.6 is 0 Å². The van der Waals surface area contributed by atoms with Crippen LogP contribution in [-0.4, -0.2) is 36.4 Å². The van der Waals surface area contributed by atoms with E-state index in [9.17, 15) is 14.7 Å². The first-order valence-corrected chi connectivity index (χ1v) is 16.7. The van der Waals surface area contributed by atoms with Gasteiger partial charge < -0.3 is 14.6 Å². The number of carbonyl (C=O) groups is 2. The van der Waals surface area contributed by atoms with Crippen molar-refractivity contribution in [3.8, 4) is 0 Å². The second-order valence-electron chi connectivity index (χ2n) is 12.9. The molecular weight excluding hydrogens is 548 g/mol. The minimum atomic E-state index is -0.977. The number of benzene rings is 2. The second-order valence-corrected chi connectivity index (χ2v) is 12.9. The fourth-order valence-electron chi connectivity index (χ4n) is 5.94. The van der Waals surface area contributed by atoms with Crippen molar-refractivity contribution in [2.75, 3.05) is 13.2 Å². The highest BCUT2D eigenvalue weighted by atomic mass is 16.5. The molecule has 1 fully saturated rings. The summed E-state index contributed by atoms with van der Waals surface area (Å²) in [6, 6.07) is 18.0. The van der Waals surface area contributed by atoms with Gasteiger partial charge in [-0.25, -0.2) is 9.59 Å². The first kappa shape index (κ1) is 35.3. The van der Waals surface area contributed by atoms with Crippen molar-refractivity contribution >= 4 is 11.9 Å². The van der Waals surface area contributed by atoms with Gasteiger partial charge in [0.25, 0.3) is 0 Å². The number of unbranched alkanes of at least 4 members (excludes halogenated alkanes) is 2. The van der Waals surface area contributed by atoms with Crippen LogP contribution in [0.5, 0.6) is 0 Å². The van der Waals surface area contributed by atoms with Gasteiger partial charge in [-0.15, -0.1) is 0 Å². The molecule has 0 aliphatic heterocycles. The van der Waals surface area contributed by atoms with Crippen molar-refractivity contribution in [3.05, 3.63) is 95.1 Å². The maximum atomic E-state index is 12.1. The van der Waals surface area contributed by atoms with Gasteiger partial charge in [0.1, 0.15) is 0 Å². The normalized spacial score (nSPS) is 17.8. The molecule has 0 saturated heterocycles. The van der Waals surface area contributed by atoms with Gasteiger partial charge in [-0.2, -0.15) is 0 Å². The molecule has 5 heteroatoms. The monoisotopic (exact) mass is 602 g/mol. The molecule has 0 spiro atoms. The molecule has 240 valence electrons. The molecule has 0 amide bonds. The Hall–Kier alpha value is -3.18. The van der Waals surface area contributed by atoms with Crippen LogP contribution in [-0.2, 0) is 38.3 Å². The predicted octanol–water partition coefficient (Wildman–Crippen LogP) is 8.47. The van der Waals surface area contributed by atoms with Crippen LogP contribution in [0, 0.1) is 11.8 Å². The van der Waals surface area contributed by atoms with Crippen LogP contribution in [0.15, 0.2) is 72.8 Å². The third-order valence-corrected chi connectivity index (χ3v) is 9.10. The molecule has 1 aliphatic rings. The number of carbonyl (C=O) groups excluding carboxylic acids is 2. The zero-order valence-corrected chi connectivity index (χ0v) is 27.3. The van der Waals surface area contributed by atoms with E-state index in [1.54, 1.807) is 6.92 Å². The van der Waals surface area contributed by atoms with E-state index < -0.39 is 18.0 Å². The third-order valence-electron chi connectivity index (χ3n) is 9.10. The highest BCUT2D eigenvalue weighted by molar-refractivity contribution is 5.88. The summed E-state index contributed by atoms with van der Waals surface area (Å²) in [6.07, 6.45) is 13.4. The Bertz CT molecular complexity index is 1190. The SMILES string of the molecule is C=C(C)C(=O)OCC(CCc1ccc(CCc2ccc(C3CCC(CCCCC)CC3)cc2)cc1)COC(=O)C(=C)C(C)O. The lowest BCUT2D eigenvalue weighted by atomic mass is 9.77. The standard InChI is InChI=1S/C39H54O5/c1-6-7-8-9-31-18-22-36(23-19-31)37-24-20-34(21-25-37)15-14-32-10-12-33(13-11-32)16-17-35(26-43-38(41)28(2)3)27-44-39(42)29(4)30(5)40/h10-13,20-21,24-25,30-31,35-36,40H,2,4,6-9,14-19,22-23,26-27H2,1,3,5H3. The quantitative estimate of drug-likeness (QED) is 0.105. The Morgan fingerprint density at radius 2 is 1.34 bits per heavy atom. The summed E-state index contributed by atoms with van der Waals surface area (Å²) in [5.41, 5.74) is 5.70. The molecule has 44 heavy (non-hydrogen) atoms. The van der Waals surface area contributed by atoms with Crippen LogP contribution in [0.4, 0.5) is 0 Å². The van der Waals surface area contributed by atoms with Crippen molar-refractivity contribution in [2.45, 2.75) is 110 Å². The van der Waals surface area contributed by atoms with Gasteiger partial charge in [0, 0.05) is 11.5 Å². The Morgan fingerprint density at radius 1 is 0.818 bits per heavy atom. The Morgan fingerprint density at radius 3 is 1.86 bits per heavy atom. The van der Waals surface area contributed by atoms with E-state index in [1.807, 2.05) is 0 Å². The van der Waals surface area contributed by atoms with Crippen LogP contribution in [0.1, 0.15) is 107 Å². The lowest BCUT2D eigenvalue weighted by molar-refractivity contribution is -0.144. The molecule has 3 rings (SSSR count). The van der Waals surface area contributed by atoms with Crippen molar-refractivity contribution < 1.29 is 24.2 Å². The molecule has 2 aromatic rings. The van der Waals surface area contributed by atoms with E-state index in [0.29, 0.717) is 12.0 Å². The minimum absolute atomic E-state index is 0.00428. The summed E-state index contributed by atoms with van der Waals surface area (Å²) in [4.78, 5) is 24.1. The van der Waals surface area contributed by atoms with E-state index in [1.165, 1.54) is 80.5 Å².